The first-order valence-corrected chi connectivity index (χ1v) is 7.42. The van der Waals surface area contributed by atoms with Gasteiger partial charge in [-0.15, -0.1) is 11.3 Å². The van der Waals surface area contributed by atoms with Crippen LogP contribution >= 0.6 is 11.3 Å². The lowest BCUT2D eigenvalue weighted by Gasteiger charge is -2.19. The van der Waals surface area contributed by atoms with E-state index in [4.69, 9.17) is 4.74 Å². The molecule has 21 heavy (non-hydrogen) atoms. The predicted octanol–water partition coefficient (Wildman–Crippen LogP) is 3.42. The van der Waals surface area contributed by atoms with Crippen molar-refractivity contribution in [3.8, 4) is 5.75 Å². The molecule has 5 nitrogen and oxygen atoms in total. The molecule has 2 rings (SSSR count). The number of anilines is 1. The van der Waals surface area contributed by atoms with Gasteiger partial charge >= 0.3 is 5.97 Å². The zero-order valence-electron chi connectivity index (χ0n) is 12.2. The molecule has 0 amide bonds. The Balaban J connectivity index is 2.03. The number of phenolic OH excluding ortho intramolecular Hbond substituents is 1. The molecule has 0 spiro atoms. The van der Waals surface area contributed by atoms with Gasteiger partial charge in [-0.05, 0) is 38.5 Å². The first-order valence-electron chi connectivity index (χ1n) is 6.54. The fourth-order valence-electron chi connectivity index (χ4n) is 1.64. The summed E-state index contributed by atoms with van der Waals surface area (Å²) >= 11 is 1.35. The molecule has 0 aliphatic heterocycles. The number of aromatic hydroxyl groups is 1. The fourth-order valence-corrected chi connectivity index (χ4v) is 2.31. The van der Waals surface area contributed by atoms with Crippen molar-refractivity contribution in [2.45, 2.75) is 32.9 Å². The fraction of sp³-hybridized carbons (Fsp3) is 0.333. The van der Waals surface area contributed by atoms with E-state index in [9.17, 15) is 9.90 Å². The molecule has 6 heteroatoms. The average molecular weight is 306 g/mol. The minimum absolute atomic E-state index is 0.228. The Kier molecular flexibility index (Phi) is 4.47. The van der Waals surface area contributed by atoms with E-state index >= 15 is 0 Å². The van der Waals surface area contributed by atoms with Crippen LogP contribution in [0.15, 0.2) is 29.8 Å². The van der Waals surface area contributed by atoms with E-state index < -0.39 is 11.6 Å². The van der Waals surface area contributed by atoms with Crippen molar-refractivity contribution in [3.05, 3.63) is 41.0 Å². The second-order valence-corrected chi connectivity index (χ2v) is 6.41. The number of phenols is 1. The van der Waals surface area contributed by atoms with E-state index in [0.29, 0.717) is 17.2 Å². The van der Waals surface area contributed by atoms with Crippen LogP contribution in [0.2, 0.25) is 0 Å². The van der Waals surface area contributed by atoms with E-state index in [1.807, 2.05) is 32.9 Å². The van der Waals surface area contributed by atoms with Crippen LogP contribution < -0.4 is 5.32 Å². The highest BCUT2D eigenvalue weighted by molar-refractivity contribution is 7.14. The molecule has 1 heterocycles. The Bertz CT molecular complexity index is 615. The normalized spacial score (nSPS) is 11.2. The number of thiazole rings is 1. The van der Waals surface area contributed by atoms with Gasteiger partial charge < -0.3 is 15.2 Å². The molecular weight excluding hydrogens is 288 g/mol. The highest BCUT2D eigenvalue weighted by atomic mass is 32.1. The maximum atomic E-state index is 12.0. The number of benzene rings is 1. The van der Waals surface area contributed by atoms with Gasteiger partial charge in [-0.25, -0.2) is 9.78 Å². The van der Waals surface area contributed by atoms with Gasteiger partial charge in [0.05, 0.1) is 5.51 Å². The number of rotatable bonds is 4. The van der Waals surface area contributed by atoms with E-state index in [1.54, 1.807) is 17.6 Å². The molecule has 1 aromatic carbocycles. The maximum absolute atomic E-state index is 12.0. The number of carbonyl (C=O) groups is 1. The zero-order chi connectivity index (χ0) is 15.5. The Labute approximate surface area is 127 Å². The first kappa shape index (κ1) is 15.3. The highest BCUT2D eigenvalue weighted by Crippen LogP contribution is 2.24. The van der Waals surface area contributed by atoms with Gasteiger partial charge in [0.1, 0.15) is 16.4 Å². The van der Waals surface area contributed by atoms with Crippen molar-refractivity contribution in [2.24, 2.45) is 0 Å². The molecule has 0 saturated heterocycles. The molecule has 1 aromatic heterocycles. The molecular formula is C15H18N2O3S. The molecule has 0 unspecified atom stereocenters. The summed E-state index contributed by atoms with van der Waals surface area (Å²) in [7, 11) is 0. The summed E-state index contributed by atoms with van der Waals surface area (Å²) in [5.41, 5.74) is 2.36. The number of hydrogen-bond donors (Lipinski definition) is 2. The average Bonchev–Trinajstić information content (AvgIpc) is 2.84. The first-order chi connectivity index (χ1) is 9.85. The maximum Gasteiger partial charge on any atom is 0.360 e. The quantitative estimate of drug-likeness (QED) is 0.847. The van der Waals surface area contributed by atoms with Crippen molar-refractivity contribution >= 4 is 22.3 Å². The molecule has 0 saturated carbocycles. The van der Waals surface area contributed by atoms with Gasteiger partial charge in [-0.2, -0.15) is 0 Å². The second-order valence-electron chi connectivity index (χ2n) is 5.55. The van der Waals surface area contributed by atoms with Crippen LogP contribution in [0.1, 0.15) is 36.8 Å². The summed E-state index contributed by atoms with van der Waals surface area (Å²) in [5, 5.41) is 13.1. The summed E-state index contributed by atoms with van der Waals surface area (Å²) in [4.78, 5) is 16.1. The van der Waals surface area contributed by atoms with Crippen molar-refractivity contribution < 1.29 is 14.6 Å². The number of hydrogen-bond acceptors (Lipinski definition) is 6. The summed E-state index contributed by atoms with van der Waals surface area (Å²) in [5.74, 6) is -0.206. The second kappa shape index (κ2) is 6.13. The molecule has 0 radical (unpaired) electrons. The van der Waals surface area contributed by atoms with Crippen LogP contribution in [0.3, 0.4) is 0 Å². The lowest BCUT2D eigenvalue weighted by Crippen LogP contribution is -2.24. The number of nitrogens with zero attached hydrogens (tertiary/aromatic N) is 1. The molecule has 112 valence electrons. The van der Waals surface area contributed by atoms with Gasteiger partial charge in [0.2, 0.25) is 0 Å². The summed E-state index contributed by atoms with van der Waals surface area (Å²) in [6.45, 7) is 6.00. The van der Waals surface area contributed by atoms with Crippen molar-refractivity contribution in [1.29, 1.82) is 0 Å². The lowest BCUT2D eigenvalue weighted by atomic mass is 10.2. The standard InChI is InChI=1S/C15H18N2O3S/c1-15(2,3)20-14(19)12-13(21-9-17-12)16-8-10-4-6-11(18)7-5-10/h4-7,9,16,18H,8H2,1-3H3. The largest absolute Gasteiger partial charge is 0.508 e. The van der Waals surface area contributed by atoms with Crippen LogP contribution in [-0.2, 0) is 11.3 Å². The summed E-state index contributed by atoms with van der Waals surface area (Å²) in [6.07, 6.45) is 0. The Morgan fingerprint density at radius 2 is 2.00 bits per heavy atom. The van der Waals surface area contributed by atoms with Crippen molar-refractivity contribution in [1.82, 2.24) is 4.98 Å². The highest BCUT2D eigenvalue weighted by Gasteiger charge is 2.22. The Morgan fingerprint density at radius 3 is 2.62 bits per heavy atom. The van der Waals surface area contributed by atoms with E-state index in [1.165, 1.54) is 11.3 Å². The number of carbonyl (C=O) groups excluding carboxylic acids is 1. The molecule has 0 atom stereocenters. The van der Waals surface area contributed by atoms with Crippen LogP contribution in [0, 0.1) is 0 Å². The minimum Gasteiger partial charge on any atom is -0.508 e. The Hall–Kier alpha value is -2.08. The summed E-state index contributed by atoms with van der Waals surface area (Å²) in [6, 6.07) is 6.88. The third kappa shape index (κ3) is 4.46. The monoisotopic (exact) mass is 306 g/mol. The number of nitrogens with one attached hydrogen (secondary N) is 1. The van der Waals surface area contributed by atoms with E-state index in [2.05, 4.69) is 10.3 Å². The SMILES string of the molecule is CC(C)(C)OC(=O)c1ncsc1NCc1ccc(O)cc1. The molecule has 0 bridgehead atoms. The van der Waals surface area contributed by atoms with Crippen molar-refractivity contribution in [2.75, 3.05) is 5.32 Å². The topological polar surface area (TPSA) is 71.5 Å². The molecule has 2 N–H and O–H groups in total. The van der Waals surface area contributed by atoms with Gasteiger partial charge in [-0.3, -0.25) is 0 Å². The lowest BCUT2D eigenvalue weighted by molar-refractivity contribution is 0.00648. The minimum atomic E-state index is -0.547. The molecule has 0 aliphatic rings. The number of esters is 1. The summed E-state index contributed by atoms with van der Waals surface area (Å²) < 4.78 is 5.32. The molecule has 2 aromatic rings. The smallest absolute Gasteiger partial charge is 0.360 e. The van der Waals surface area contributed by atoms with Crippen LogP contribution in [-0.4, -0.2) is 21.7 Å². The third-order valence-electron chi connectivity index (χ3n) is 2.55. The van der Waals surface area contributed by atoms with Crippen LogP contribution in [0.4, 0.5) is 5.00 Å². The van der Waals surface area contributed by atoms with E-state index in [0.717, 1.165) is 5.56 Å². The zero-order valence-corrected chi connectivity index (χ0v) is 13.0. The van der Waals surface area contributed by atoms with Gasteiger partial charge in [0.25, 0.3) is 0 Å². The van der Waals surface area contributed by atoms with Crippen LogP contribution in [0.25, 0.3) is 0 Å². The molecule has 0 aliphatic carbocycles. The van der Waals surface area contributed by atoms with Gasteiger partial charge in [0, 0.05) is 6.54 Å². The van der Waals surface area contributed by atoms with Gasteiger partial charge in [0.15, 0.2) is 5.69 Å². The number of aromatic nitrogens is 1. The third-order valence-corrected chi connectivity index (χ3v) is 3.33. The van der Waals surface area contributed by atoms with Gasteiger partial charge in [-0.1, -0.05) is 12.1 Å². The van der Waals surface area contributed by atoms with E-state index in [-0.39, 0.29) is 5.75 Å². The number of ether oxygens (including phenoxy) is 1. The molecule has 0 fully saturated rings. The van der Waals surface area contributed by atoms with Crippen LogP contribution in [0.5, 0.6) is 5.75 Å². The van der Waals surface area contributed by atoms with Crippen molar-refractivity contribution in [3.63, 3.8) is 0 Å². The predicted molar refractivity (Wildman–Crippen MR) is 82.7 cm³/mol. The Morgan fingerprint density at radius 1 is 1.33 bits per heavy atom.